The van der Waals surface area contributed by atoms with Gasteiger partial charge >= 0.3 is 5.97 Å². The number of aryl methyl sites for hydroxylation is 1. The first-order chi connectivity index (χ1) is 11.0. The van der Waals surface area contributed by atoms with Gasteiger partial charge in [0.1, 0.15) is 6.10 Å². The summed E-state index contributed by atoms with van der Waals surface area (Å²) in [5.74, 6) is 2.12. The second-order valence-corrected chi connectivity index (χ2v) is 8.28. The van der Waals surface area contributed by atoms with E-state index in [9.17, 15) is 4.79 Å². The molecule has 124 valence electrons. The van der Waals surface area contributed by atoms with Crippen molar-refractivity contribution in [1.82, 2.24) is 0 Å². The van der Waals surface area contributed by atoms with Gasteiger partial charge in [0, 0.05) is 12.3 Å². The molecule has 0 radical (unpaired) electrons. The lowest BCUT2D eigenvalue weighted by Gasteiger charge is -2.50. The summed E-state index contributed by atoms with van der Waals surface area (Å²) in [6.45, 7) is 6.21. The minimum absolute atomic E-state index is 0.108. The fourth-order valence-corrected chi connectivity index (χ4v) is 6.15. The summed E-state index contributed by atoms with van der Waals surface area (Å²) in [5.41, 5.74) is 4.92. The van der Waals surface area contributed by atoms with Crippen LogP contribution in [-0.4, -0.2) is 12.1 Å². The van der Waals surface area contributed by atoms with Crippen molar-refractivity contribution < 1.29 is 9.53 Å². The molecule has 4 rings (SSSR count). The van der Waals surface area contributed by atoms with E-state index in [-0.39, 0.29) is 17.5 Å². The van der Waals surface area contributed by atoms with Crippen LogP contribution in [0.15, 0.2) is 18.2 Å². The molecule has 0 amide bonds. The van der Waals surface area contributed by atoms with Crippen molar-refractivity contribution in [2.24, 2.45) is 17.3 Å². The van der Waals surface area contributed by atoms with E-state index in [1.807, 2.05) is 0 Å². The van der Waals surface area contributed by atoms with Gasteiger partial charge in [-0.2, -0.15) is 0 Å². The monoisotopic (exact) mass is 312 g/mol. The highest BCUT2D eigenvalue weighted by molar-refractivity contribution is 5.66. The maximum absolute atomic E-state index is 11.5. The standard InChI is InChI=1S/C21H28O2/c1-13-5-4-6-16-15(13)7-8-18-17(16)11-12-21(3)19(18)9-10-20(21)23-14(2)22/h4-6,17-20H,7-12H2,1-3H3/t17-,18-,19+,20+,21+/m1/s1. The van der Waals surface area contributed by atoms with E-state index >= 15 is 0 Å². The Morgan fingerprint density at radius 3 is 2.83 bits per heavy atom. The molecule has 5 atom stereocenters. The molecule has 0 unspecified atom stereocenters. The van der Waals surface area contributed by atoms with Crippen molar-refractivity contribution in [1.29, 1.82) is 0 Å². The van der Waals surface area contributed by atoms with Crippen molar-refractivity contribution in [3.63, 3.8) is 0 Å². The first-order valence-corrected chi connectivity index (χ1v) is 9.26. The minimum Gasteiger partial charge on any atom is -0.462 e. The molecule has 2 nitrogen and oxygen atoms in total. The van der Waals surface area contributed by atoms with Crippen molar-refractivity contribution in [3.8, 4) is 0 Å². The Morgan fingerprint density at radius 1 is 1.22 bits per heavy atom. The third kappa shape index (κ3) is 2.25. The third-order valence-corrected chi connectivity index (χ3v) is 7.23. The molecule has 0 aromatic heterocycles. The van der Waals surface area contributed by atoms with Crippen molar-refractivity contribution in [2.45, 2.75) is 71.3 Å². The summed E-state index contributed by atoms with van der Waals surface area (Å²) in [4.78, 5) is 11.5. The predicted octanol–water partition coefficient (Wildman–Crippen LogP) is 4.78. The van der Waals surface area contributed by atoms with Crippen LogP contribution < -0.4 is 0 Å². The van der Waals surface area contributed by atoms with Crippen LogP contribution >= 0.6 is 0 Å². The summed E-state index contributed by atoms with van der Waals surface area (Å²) >= 11 is 0. The molecule has 1 aromatic carbocycles. The molecule has 2 saturated carbocycles. The third-order valence-electron chi connectivity index (χ3n) is 7.23. The summed E-state index contributed by atoms with van der Waals surface area (Å²) in [6.07, 6.45) is 7.44. The van der Waals surface area contributed by atoms with Gasteiger partial charge in [0.2, 0.25) is 0 Å². The zero-order chi connectivity index (χ0) is 16.2. The van der Waals surface area contributed by atoms with E-state index in [0.717, 1.165) is 24.2 Å². The highest BCUT2D eigenvalue weighted by atomic mass is 16.5. The van der Waals surface area contributed by atoms with Crippen LogP contribution in [0.2, 0.25) is 0 Å². The Hall–Kier alpha value is -1.31. The van der Waals surface area contributed by atoms with Gasteiger partial charge in [-0.15, -0.1) is 0 Å². The van der Waals surface area contributed by atoms with Crippen LogP contribution in [0.3, 0.4) is 0 Å². The molecule has 0 spiro atoms. The van der Waals surface area contributed by atoms with Crippen molar-refractivity contribution >= 4 is 5.97 Å². The molecule has 0 aliphatic heterocycles. The first kappa shape index (κ1) is 15.2. The molecular formula is C21H28O2. The second-order valence-electron chi connectivity index (χ2n) is 8.28. The van der Waals surface area contributed by atoms with Gasteiger partial charge in [0.05, 0.1) is 0 Å². The highest BCUT2D eigenvalue weighted by Crippen LogP contribution is 2.61. The quantitative estimate of drug-likeness (QED) is 0.697. The summed E-state index contributed by atoms with van der Waals surface area (Å²) in [5, 5.41) is 0. The molecule has 3 aliphatic rings. The van der Waals surface area contributed by atoms with Crippen LogP contribution in [0.1, 0.15) is 68.6 Å². The predicted molar refractivity (Wildman–Crippen MR) is 91.4 cm³/mol. The summed E-state index contributed by atoms with van der Waals surface area (Å²) < 4.78 is 5.71. The number of ether oxygens (including phenoxy) is 1. The number of carbonyl (C=O) groups excluding carboxylic acids is 1. The van der Waals surface area contributed by atoms with E-state index in [1.165, 1.54) is 37.7 Å². The van der Waals surface area contributed by atoms with Gasteiger partial charge < -0.3 is 4.74 Å². The molecule has 3 aliphatic carbocycles. The topological polar surface area (TPSA) is 26.3 Å². The maximum Gasteiger partial charge on any atom is 0.302 e. The molecule has 1 aromatic rings. The lowest BCUT2D eigenvalue weighted by Crippen LogP contribution is -2.45. The fraction of sp³-hybridized carbons (Fsp3) is 0.667. The molecule has 2 heteroatoms. The molecule has 0 N–H and O–H groups in total. The molecule has 0 heterocycles. The van der Waals surface area contributed by atoms with E-state index in [4.69, 9.17) is 4.74 Å². The van der Waals surface area contributed by atoms with Crippen LogP contribution in [0, 0.1) is 24.2 Å². The Bertz CT molecular complexity index is 635. The van der Waals surface area contributed by atoms with Crippen LogP contribution in [0.25, 0.3) is 0 Å². The lowest BCUT2D eigenvalue weighted by atomic mass is 9.55. The van der Waals surface area contributed by atoms with Crippen LogP contribution in [-0.2, 0) is 16.0 Å². The number of rotatable bonds is 1. The largest absolute Gasteiger partial charge is 0.462 e. The van der Waals surface area contributed by atoms with E-state index in [1.54, 1.807) is 18.1 Å². The van der Waals surface area contributed by atoms with Gasteiger partial charge in [0.25, 0.3) is 0 Å². The molecule has 0 saturated heterocycles. The first-order valence-electron chi connectivity index (χ1n) is 9.26. The van der Waals surface area contributed by atoms with Crippen LogP contribution in [0.4, 0.5) is 0 Å². The average Bonchev–Trinajstić information content (AvgIpc) is 2.84. The Morgan fingerprint density at radius 2 is 2.04 bits per heavy atom. The molecule has 2 fully saturated rings. The normalized spacial score (nSPS) is 38.4. The van der Waals surface area contributed by atoms with Gasteiger partial charge in [-0.25, -0.2) is 0 Å². The SMILES string of the molecule is CC(=O)O[C@H]1CC[C@H]2[C@@H]3CCc4c(C)cccc4[C@H]3CC[C@]12C. The number of hydrogen-bond acceptors (Lipinski definition) is 2. The second kappa shape index (κ2) is 5.36. The van der Waals surface area contributed by atoms with E-state index in [2.05, 4.69) is 32.0 Å². The van der Waals surface area contributed by atoms with Crippen molar-refractivity contribution in [3.05, 3.63) is 34.9 Å². The lowest BCUT2D eigenvalue weighted by molar-refractivity contribution is -0.154. The Kier molecular flexibility index (Phi) is 3.55. The Balaban J connectivity index is 1.65. The highest BCUT2D eigenvalue weighted by Gasteiger charge is 2.56. The zero-order valence-electron chi connectivity index (χ0n) is 14.6. The fourth-order valence-electron chi connectivity index (χ4n) is 6.15. The molecular weight excluding hydrogens is 284 g/mol. The van der Waals surface area contributed by atoms with Gasteiger partial charge in [0.15, 0.2) is 0 Å². The summed E-state index contributed by atoms with van der Waals surface area (Å²) in [6, 6.07) is 6.87. The minimum atomic E-state index is -0.108. The number of carbonyl (C=O) groups is 1. The number of esters is 1. The zero-order valence-corrected chi connectivity index (χ0v) is 14.6. The molecule has 0 bridgehead atoms. The Labute approximate surface area is 139 Å². The van der Waals surface area contributed by atoms with E-state index < -0.39 is 0 Å². The van der Waals surface area contributed by atoms with Gasteiger partial charge in [-0.05, 0) is 79.9 Å². The molecule has 23 heavy (non-hydrogen) atoms. The van der Waals surface area contributed by atoms with Crippen molar-refractivity contribution in [2.75, 3.05) is 0 Å². The number of fused-ring (bicyclic) bond motifs is 5. The summed E-state index contributed by atoms with van der Waals surface area (Å²) in [7, 11) is 0. The smallest absolute Gasteiger partial charge is 0.302 e. The van der Waals surface area contributed by atoms with Gasteiger partial charge in [-0.1, -0.05) is 25.1 Å². The van der Waals surface area contributed by atoms with E-state index in [0.29, 0.717) is 0 Å². The average molecular weight is 312 g/mol. The van der Waals surface area contributed by atoms with Gasteiger partial charge in [-0.3, -0.25) is 4.79 Å². The number of hydrogen-bond donors (Lipinski definition) is 0. The number of benzene rings is 1. The van der Waals surface area contributed by atoms with Crippen LogP contribution in [0.5, 0.6) is 0 Å². The maximum atomic E-state index is 11.5.